The van der Waals surface area contributed by atoms with Gasteiger partial charge in [0.2, 0.25) is 0 Å². The van der Waals surface area contributed by atoms with Gasteiger partial charge in [-0.3, -0.25) is 73.1 Å². The number of carboxylic acid groups (broad SMARTS) is 6. The summed E-state index contributed by atoms with van der Waals surface area (Å²) < 4.78 is 1.75. The lowest BCUT2D eigenvalue weighted by atomic mass is 10.2. The maximum atomic E-state index is 10.4. The van der Waals surface area contributed by atoms with Crippen molar-refractivity contribution in [2.45, 2.75) is 51.7 Å². The van der Waals surface area contributed by atoms with Gasteiger partial charge in [-0.2, -0.15) is 0 Å². The molecule has 7 rings (SSSR count). The fourth-order valence-corrected chi connectivity index (χ4v) is 7.11. The van der Waals surface area contributed by atoms with E-state index in [1.165, 1.54) is 16.8 Å². The van der Waals surface area contributed by atoms with E-state index in [2.05, 4.69) is 84.4 Å². The SMILES string of the molecule is CN(CC(=O)O)CC(=O)O.CN(CC(=O)O)Cc1ccccn1.CN(CC(=O)O)Cc1cnc[nH]1.CN(CN)CC(=O)O.CN(Cc1ccccn1)Cc1ccccn1.CN(Cc1cnc[nH]1)Cc1cnc[nH]1.CNCCNCCN.Cn1cnc(CC(N)C(=O)O)c1. The number of nitrogens with one attached hydrogen (secondary N) is 5. The van der Waals surface area contributed by atoms with Gasteiger partial charge >= 0.3 is 35.8 Å². The number of carbonyl (C=O) groups is 6. The molecule has 34 heteroatoms. The van der Waals surface area contributed by atoms with Crippen LogP contribution in [0.1, 0.15) is 39.9 Å². The van der Waals surface area contributed by atoms with Crippen molar-refractivity contribution < 1.29 is 59.4 Å². The number of H-pyrrole nitrogens is 3. The lowest BCUT2D eigenvalue weighted by Crippen LogP contribution is -2.32. The topological polar surface area (TPSA) is 488 Å². The first kappa shape index (κ1) is 83.7. The van der Waals surface area contributed by atoms with Crippen molar-refractivity contribution in [2.75, 3.05) is 115 Å². The molecule has 0 aliphatic heterocycles. The number of aliphatic carboxylic acids is 6. The first-order chi connectivity index (χ1) is 44.2. The Balaban J connectivity index is 0.00000105. The second kappa shape index (κ2) is 52.3. The van der Waals surface area contributed by atoms with Crippen molar-refractivity contribution in [2.24, 2.45) is 24.2 Å². The average molecular weight is 1310 g/mol. The zero-order valence-corrected chi connectivity index (χ0v) is 54.3. The van der Waals surface area contributed by atoms with Gasteiger partial charge in [-0.25, -0.2) is 19.9 Å². The Kier molecular flexibility index (Phi) is 47.1. The van der Waals surface area contributed by atoms with Crippen LogP contribution in [-0.2, 0) is 81.5 Å². The van der Waals surface area contributed by atoms with E-state index in [1.807, 2.05) is 93.5 Å². The van der Waals surface area contributed by atoms with Crippen LogP contribution < -0.4 is 27.8 Å². The Hall–Kier alpha value is -9.33. The summed E-state index contributed by atoms with van der Waals surface area (Å²) in [6, 6.07) is 16.7. The summed E-state index contributed by atoms with van der Waals surface area (Å²) in [6.07, 6.45) is 19.3. The number of nitrogens with two attached hydrogens (primary N) is 3. The molecule has 514 valence electrons. The van der Waals surface area contributed by atoms with E-state index in [-0.39, 0.29) is 45.8 Å². The highest BCUT2D eigenvalue weighted by Crippen LogP contribution is 2.05. The van der Waals surface area contributed by atoms with Gasteiger partial charge in [0.15, 0.2) is 0 Å². The lowest BCUT2D eigenvalue weighted by molar-refractivity contribution is -0.142. The van der Waals surface area contributed by atoms with E-state index in [4.69, 9.17) is 47.8 Å². The summed E-state index contributed by atoms with van der Waals surface area (Å²) in [7, 11) is 14.5. The number of aromatic nitrogens is 11. The predicted molar refractivity (Wildman–Crippen MR) is 347 cm³/mol. The molecule has 0 spiro atoms. The molecule has 0 amide bonds. The van der Waals surface area contributed by atoms with Crippen LogP contribution in [-0.4, -0.2) is 271 Å². The molecule has 0 fully saturated rings. The highest BCUT2D eigenvalue weighted by molar-refractivity contribution is 5.73. The van der Waals surface area contributed by atoms with Gasteiger partial charge in [0.1, 0.15) is 6.04 Å². The predicted octanol–water partition coefficient (Wildman–Crippen LogP) is -0.468. The summed E-state index contributed by atoms with van der Waals surface area (Å²) in [5.74, 6) is -5.54. The number of imidazole rings is 4. The summed E-state index contributed by atoms with van der Waals surface area (Å²) in [4.78, 5) is 109. The summed E-state index contributed by atoms with van der Waals surface area (Å²) >= 11 is 0. The van der Waals surface area contributed by atoms with Crippen LogP contribution in [0.2, 0.25) is 0 Å². The molecule has 0 radical (unpaired) electrons. The fraction of sp³-hybridized carbons (Fsp3) is 0.441. The number of pyridine rings is 3. The molecular weight excluding hydrogens is 1210 g/mol. The minimum atomic E-state index is -1.02. The highest BCUT2D eigenvalue weighted by Gasteiger charge is 2.13. The number of rotatable bonds is 31. The largest absolute Gasteiger partial charge is 0.480 e. The highest BCUT2D eigenvalue weighted by atomic mass is 16.4. The van der Waals surface area contributed by atoms with E-state index >= 15 is 0 Å². The maximum absolute atomic E-state index is 10.4. The van der Waals surface area contributed by atoms with Gasteiger partial charge in [0, 0.05) is 146 Å². The van der Waals surface area contributed by atoms with Gasteiger partial charge in [0.25, 0.3) is 0 Å². The van der Waals surface area contributed by atoms with Crippen molar-refractivity contribution in [1.82, 2.24) is 94.4 Å². The van der Waals surface area contributed by atoms with Crippen LogP contribution >= 0.6 is 0 Å². The number of likely N-dealkylation sites (N-methyl/N-ethyl adjacent to an activating group) is 5. The molecule has 0 bridgehead atoms. The molecular formula is C59H96N22O12. The summed E-state index contributed by atoms with van der Waals surface area (Å²) in [5.41, 5.74) is 22.5. The lowest BCUT2D eigenvalue weighted by Gasteiger charge is -2.15. The smallest absolute Gasteiger partial charge is 0.320 e. The number of aromatic amines is 3. The van der Waals surface area contributed by atoms with Crippen LogP contribution in [0.15, 0.2) is 123 Å². The van der Waals surface area contributed by atoms with E-state index in [9.17, 15) is 28.8 Å². The molecule has 0 saturated carbocycles. The molecule has 0 aliphatic carbocycles. The maximum Gasteiger partial charge on any atom is 0.320 e. The van der Waals surface area contributed by atoms with Crippen LogP contribution in [0, 0.1) is 0 Å². The summed E-state index contributed by atoms with van der Waals surface area (Å²) in [5, 5.41) is 56.0. The standard InChI is InChI=1S/C13H15N3.C9H13N5.C9H12N2O2.2C7H11N3O2.C5H15N3.C5H9NO4.C4H10N2O2/c1-16(10-12-6-2-4-8-14-12)11-13-7-3-5-9-15-13;1-14(4-8-2-10-6-12-8)5-9-3-11-7-13-9;1-11(7-9(12)13)6-8-4-2-3-5-10-8;1-10(4-7(11)12)3-6-2-8-5-9-6;1-10-3-5(9-4-10)2-6(8)7(11)12;1-7-4-5-8-3-2-6;1-6(2-4(7)8)3-5(9)10;1-6(3-5)2-4(7)8/h2-9H,10-11H2,1H3;2-3,6-7H,4-5H2,1H3,(H,10,12)(H,11,13);2-5H,6-7H2,1H3,(H,12,13);2,5H,3-4H2,1H3,(H,8,9)(H,11,12);3-4,6H,2,8H2,1H3,(H,11,12);7-8H,2-6H2,1H3;2-3H2,1H3,(H,7,8)(H,9,10);2-3,5H2,1H3,(H,7,8). The molecule has 0 aliphatic rings. The number of hydrogen-bond donors (Lipinski definition) is 14. The van der Waals surface area contributed by atoms with Crippen LogP contribution in [0.25, 0.3) is 0 Å². The van der Waals surface area contributed by atoms with E-state index in [0.717, 1.165) is 86.5 Å². The van der Waals surface area contributed by atoms with Gasteiger partial charge in [-0.05, 0) is 85.7 Å². The summed E-state index contributed by atoms with van der Waals surface area (Å²) in [6.45, 7) is 8.10. The van der Waals surface area contributed by atoms with Crippen molar-refractivity contribution in [3.05, 3.63) is 163 Å². The molecule has 7 heterocycles. The molecule has 1 unspecified atom stereocenters. The molecule has 7 aromatic rings. The van der Waals surface area contributed by atoms with Gasteiger partial charge in [0.05, 0.1) is 80.8 Å². The minimum Gasteiger partial charge on any atom is -0.480 e. The van der Waals surface area contributed by atoms with Crippen molar-refractivity contribution in [3.63, 3.8) is 0 Å². The molecule has 34 nitrogen and oxygen atoms in total. The Morgan fingerprint density at radius 2 is 0.860 bits per heavy atom. The Morgan fingerprint density at radius 1 is 0.495 bits per heavy atom. The van der Waals surface area contributed by atoms with Crippen LogP contribution in [0.3, 0.4) is 0 Å². The second-order valence-corrected chi connectivity index (χ2v) is 20.5. The van der Waals surface area contributed by atoms with Crippen molar-refractivity contribution in [1.29, 1.82) is 0 Å². The van der Waals surface area contributed by atoms with Gasteiger partial charge in [-0.1, -0.05) is 18.2 Å². The zero-order chi connectivity index (χ0) is 69.8. The molecule has 7 aromatic heterocycles. The van der Waals surface area contributed by atoms with Gasteiger partial charge in [-0.15, -0.1) is 0 Å². The first-order valence-electron chi connectivity index (χ1n) is 28.8. The normalized spacial score (nSPS) is 10.7. The monoisotopic (exact) mass is 1300 g/mol. The quantitative estimate of drug-likeness (QED) is 0.0193. The van der Waals surface area contributed by atoms with E-state index < -0.39 is 41.9 Å². The average Bonchev–Trinajstić information content (AvgIpc) is 2.92. The second-order valence-electron chi connectivity index (χ2n) is 20.5. The molecule has 17 N–H and O–H groups in total. The zero-order valence-electron chi connectivity index (χ0n) is 54.3. The Morgan fingerprint density at radius 3 is 1.16 bits per heavy atom. The van der Waals surface area contributed by atoms with Crippen LogP contribution in [0.5, 0.6) is 0 Å². The third-order valence-corrected chi connectivity index (χ3v) is 11.2. The van der Waals surface area contributed by atoms with Crippen LogP contribution in [0.4, 0.5) is 0 Å². The number of hydrogen-bond acceptors (Lipinski definition) is 24. The minimum absolute atomic E-state index is 0.0104. The molecule has 0 aromatic carbocycles. The number of carboxylic acids is 6. The fourth-order valence-electron chi connectivity index (χ4n) is 7.11. The number of aryl methyl sites for hydroxylation is 1. The molecule has 0 saturated heterocycles. The number of nitrogens with zero attached hydrogens (tertiary/aromatic N) is 14. The molecule has 93 heavy (non-hydrogen) atoms. The third-order valence-electron chi connectivity index (χ3n) is 11.2. The first-order valence-corrected chi connectivity index (χ1v) is 28.8. The van der Waals surface area contributed by atoms with Crippen molar-refractivity contribution >= 4 is 35.8 Å². The molecule has 1 atom stereocenters. The Bertz CT molecular complexity index is 2870. The van der Waals surface area contributed by atoms with Crippen molar-refractivity contribution in [3.8, 4) is 0 Å². The Labute approximate surface area is 541 Å². The van der Waals surface area contributed by atoms with E-state index in [0.29, 0.717) is 18.8 Å². The van der Waals surface area contributed by atoms with Gasteiger partial charge < -0.3 is 78.0 Å². The van der Waals surface area contributed by atoms with E-state index in [1.54, 1.807) is 79.4 Å². The third kappa shape index (κ3) is 50.1.